The van der Waals surface area contributed by atoms with Crippen molar-refractivity contribution in [3.8, 4) is 0 Å². The standard InChI is InChI=1S/C21H23F3N4O2S/c22-21(23,24)16-4-2-1-3-15(16)19(30)27-9-11-28(12-10-27)20-26-13-17(31-20)18(29)25-8-7-14-5-6-14/h1-4,13-14H,5-12H2,(H,25,29). The molecule has 1 aliphatic carbocycles. The first kappa shape index (κ1) is 21.6. The number of nitrogens with one attached hydrogen (secondary N) is 1. The van der Waals surface area contributed by atoms with Crippen molar-refractivity contribution in [1.29, 1.82) is 0 Å². The predicted octanol–water partition coefficient (Wildman–Crippen LogP) is 3.65. The van der Waals surface area contributed by atoms with E-state index in [4.69, 9.17) is 0 Å². The van der Waals surface area contributed by atoms with Crippen LogP contribution in [0, 0.1) is 5.92 Å². The van der Waals surface area contributed by atoms with E-state index in [1.165, 1.54) is 47.3 Å². The molecule has 0 radical (unpaired) electrons. The summed E-state index contributed by atoms with van der Waals surface area (Å²) in [5.74, 6) is -0.0103. The van der Waals surface area contributed by atoms with Crippen LogP contribution < -0.4 is 10.2 Å². The highest BCUT2D eigenvalue weighted by molar-refractivity contribution is 7.17. The van der Waals surface area contributed by atoms with Crippen LogP contribution in [0.2, 0.25) is 0 Å². The smallest absolute Gasteiger partial charge is 0.351 e. The molecule has 166 valence electrons. The molecule has 1 aromatic carbocycles. The van der Waals surface area contributed by atoms with Gasteiger partial charge in [0.1, 0.15) is 4.88 Å². The van der Waals surface area contributed by atoms with E-state index in [1.54, 1.807) is 6.20 Å². The van der Waals surface area contributed by atoms with Crippen molar-refractivity contribution in [2.75, 3.05) is 37.6 Å². The number of carbonyl (C=O) groups excluding carboxylic acids is 2. The van der Waals surface area contributed by atoms with Gasteiger partial charge in [-0.05, 0) is 24.5 Å². The number of hydrogen-bond donors (Lipinski definition) is 1. The lowest BCUT2D eigenvalue weighted by molar-refractivity contribution is -0.138. The molecular formula is C21H23F3N4O2S. The lowest BCUT2D eigenvalue weighted by Crippen LogP contribution is -2.49. The molecule has 0 atom stereocenters. The molecule has 2 aromatic rings. The maximum Gasteiger partial charge on any atom is 0.417 e. The van der Waals surface area contributed by atoms with Crippen LogP contribution in [0.4, 0.5) is 18.3 Å². The Morgan fingerprint density at radius 2 is 1.84 bits per heavy atom. The first-order valence-corrected chi connectivity index (χ1v) is 11.1. The fourth-order valence-electron chi connectivity index (χ4n) is 3.59. The normalized spacial score (nSPS) is 17.0. The number of thiazole rings is 1. The Hall–Kier alpha value is -2.62. The third-order valence-electron chi connectivity index (χ3n) is 5.55. The fourth-order valence-corrected chi connectivity index (χ4v) is 4.47. The Bertz CT molecular complexity index is 950. The van der Waals surface area contributed by atoms with E-state index in [0.29, 0.717) is 29.6 Å². The van der Waals surface area contributed by atoms with Crippen LogP contribution in [0.1, 0.15) is 44.9 Å². The van der Waals surface area contributed by atoms with Gasteiger partial charge in [0.25, 0.3) is 11.8 Å². The van der Waals surface area contributed by atoms with Crippen LogP contribution in [-0.4, -0.2) is 54.4 Å². The number of piperazine rings is 1. The molecule has 31 heavy (non-hydrogen) atoms. The average Bonchev–Trinajstić information content (AvgIpc) is 3.45. The maximum atomic E-state index is 13.2. The van der Waals surface area contributed by atoms with Gasteiger partial charge in [-0.2, -0.15) is 13.2 Å². The van der Waals surface area contributed by atoms with E-state index in [1.807, 2.05) is 4.90 Å². The van der Waals surface area contributed by atoms with E-state index in [0.717, 1.165) is 18.4 Å². The predicted molar refractivity (Wildman–Crippen MR) is 111 cm³/mol. The molecule has 0 bridgehead atoms. The summed E-state index contributed by atoms with van der Waals surface area (Å²) in [5.41, 5.74) is -1.25. The van der Waals surface area contributed by atoms with Crippen LogP contribution in [0.25, 0.3) is 0 Å². The number of aromatic nitrogens is 1. The van der Waals surface area contributed by atoms with Crippen molar-refractivity contribution in [2.24, 2.45) is 5.92 Å². The highest BCUT2D eigenvalue weighted by atomic mass is 32.1. The molecule has 0 spiro atoms. The van der Waals surface area contributed by atoms with Gasteiger partial charge in [0.15, 0.2) is 5.13 Å². The van der Waals surface area contributed by atoms with Crippen molar-refractivity contribution >= 4 is 28.3 Å². The molecule has 6 nitrogen and oxygen atoms in total. The lowest BCUT2D eigenvalue weighted by atomic mass is 10.1. The second kappa shape index (κ2) is 8.86. The zero-order valence-electron chi connectivity index (χ0n) is 16.8. The zero-order chi connectivity index (χ0) is 22.0. The first-order valence-electron chi connectivity index (χ1n) is 10.3. The van der Waals surface area contributed by atoms with Gasteiger partial charge in [0.05, 0.1) is 17.3 Å². The summed E-state index contributed by atoms with van der Waals surface area (Å²) in [6, 6.07) is 4.86. The first-order chi connectivity index (χ1) is 14.8. The summed E-state index contributed by atoms with van der Waals surface area (Å²) in [7, 11) is 0. The van der Waals surface area contributed by atoms with Crippen LogP contribution in [-0.2, 0) is 6.18 Å². The molecule has 2 aliphatic rings. The molecule has 10 heteroatoms. The summed E-state index contributed by atoms with van der Waals surface area (Å²) >= 11 is 1.28. The SMILES string of the molecule is O=C(NCCC1CC1)c1cnc(N2CCN(C(=O)c3ccccc3C(F)(F)F)CC2)s1. The molecule has 1 saturated carbocycles. The molecular weight excluding hydrogens is 429 g/mol. The van der Waals surface area contributed by atoms with E-state index in [9.17, 15) is 22.8 Å². The van der Waals surface area contributed by atoms with E-state index in [-0.39, 0.29) is 24.6 Å². The molecule has 1 aromatic heterocycles. The van der Waals surface area contributed by atoms with Gasteiger partial charge in [0.2, 0.25) is 0 Å². The maximum absolute atomic E-state index is 13.2. The molecule has 1 aliphatic heterocycles. The average molecular weight is 453 g/mol. The zero-order valence-corrected chi connectivity index (χ0v) is 17.6. The van der Waals surface area contributed by atoms with Crippen molar-refractivity contribution < 1.29 is 22.8 Å². The molecule has 2 fully saturated rings. The number of alkyl halides is 3. The number of nitrogens with zero attached hydrogens (tertiary/aromatic N) is 3. The molecule has 1 N–H and O–H groups in total. The molecule has 1 saturated heterocycles. The summed E-state index contributed by atoms with van der Waals surface area (Å²) in [4.78, 5) is 33.2. The van der Waals surface area contributed by atoms with E-state index in [2.05, 4.69) is 10.3 Å². The molecule has 2 heterocycles. The molecule has 2 amide bonds. The van der Waals surface area contributed by atoms with Gasteiger partial charge in [-0.15, -0.1) is 0 Å². The van der Waals surface area contributed by atoms with Crippen molar-refractivity contribution in [2.45, 2.75) is 25.4 Å². The Morgan fingerprint density at radius 3 is 2.52 bits per heavy atom. The Kier molecular flexibility index (Phi) is 6.17. The van der Waals surface area contributed by atoms with Gasteiger partial charge in [-0.25, -0.2) is 4.98 Å². The third-order valence-corrected chi connectivity index (χ3v) is 6.61. The van der Waals surface area contributed by atoms with Gasteiger partial charge in [-0.1, -0.05) is 36.3 Å². The quantitative estimate of drug-likeness (QED) is 0.727. The van der Waals surface area contributed by atoms with Gasteiger partial charge in [0, 0.05) is 32.7 Å². The second-order valence-electron chi connectivity index (χ2n) is 7.82. The Morgan fingerprint density at radius 1 is 1.13 bits per heavy atom. The minimum atomic E-state index is -4.58. The largest absolute Gasteiger partial charge is 0.417 e. The summed E-state index contributed by atoms with van der Waals surface area (Å²) < 4.78 is 39.7. The highest BCUT2D eigenvalue weighted by Crippen LogP contribution is 2.33. The highest BCUT2D eigenvalue weighted by Gasteiger charge is 2.36. The topological polar surface area (TPSA) is 65.5 Å². The van der Waals surface area contributed by atoms with Gasteiger partial charge in [-0.3, -0.25) is 9.59 Å². The van der Waals surface area contributed by atoms with E-state index < -0.39 is 17.6 Å². The van der Waals surface area contributed by atoms with Crippen LogP contribution >= 0.6 is 11.3 Å². The monoisotopic (exact) mass is 452 g/mol. The number of carbonyl (C=O) groups is 2. The molecule has 0 unspecified atom stereocenters. The van der Waals surface area contributed by atoms with Gasteiger partial charge >= 0.3 is 6.18 Å². The number of benzene rings is 1. The number of rotatable bonds is 6. The second-order valence-corrected chi connectivity index (χ2v) is 8.83. The summed E-state index contributed by atoms with van der Waals surface area (Å²) in [5, 5.41) is 3.59. The molecule has 4 rings (SSSR count). The number of anilines is 1. The number of amides is 2. The lowest BCUT2D eigenvalue weighted by Gasteiger charge is -2.35. The van der Waals surface area contributed by atoms with Gasteiger partial charge < -0.3 is 15.1 Å². The number of hydrogen-bond acceptors (Lipinski definition) is 5. The third kappa shape index (κ3) is 5.17. The minimum absolute atomic E-state index is 0.137. The van der Waals surface area contributed by atoms with Crippen molar-refractivity contribution in [1.82, 2.24) is 15.2 Å². The Labute approximate surface area is 182 Å². The van der Waals surface area contributed by atoms with Crippen molar-refractivity contribution in [3.05, 3.63) is 46.5 Å². The fraction of sp³-hybridized carbons (Fsp3) is 0.476. The van der Waals surface area contributed by atoms with Crippen LogP contribution in [0.15, 0.2) is 30.5 Å². The summed E-state index contributed by atoms with van der Waals surface area (Å²) in [6.45, 7) is 2.12. The van der Waals surface area contributed by atoms with Crippen molar-refractivity contribution in [3.63, 3.8) is 0 Å². The minimum Gasteiger partial charge on any atom is -0.351 e. The Balaban J connectivity index is 1.33. The van der Waals surface area contributed by atoms with Crippen LogP contribution in [0.5, 0.6) is 0 Å². The van der Waals surface area contributed by atoms with E-state index >= 15 is 0 Å². The summed E-state index contributed by atoms with van der Waals surface area (Å²) in [6.07, 6.45) is 0.465. The van der Waals surface area contributed by atoms with Crippen LogP contribution in [0.3, 0.4) is 0 Å². The number of halogens is 3.